The number of hydrogen-bond acceptors (Lipinski definition) is 1. The van der Waals surface area contributed by atoms with Gasteiger partial charge < -0.3 is 4.79 Å². The number of fused-ring (bicyclic) bond motifs is 3. The maximum atomic E-state index is 11.8. The van der Waals surface area contributed by atoms with Gasteiger partial charge in [0.2, 0.25) is 0 Å². The molecule has 0 aromatic carbocycles. The van der Waals surface area contributed by atoms with Crippen molar-refractivity contribution in [2.75, 3.05) is 0 Å². The van der Waals surface area contributed by atoms with Gasteiger partial charge in [0.25, 0.3) is 0 Å². The van der Waals surface area contributed by atoms with Crippen LogP contribution in [0.1, 0.15) is 92.4 Å². The van der Waals surface area contributed by atoms with Gasteiger partial charge >= 0.3 is 0 Å². The third-order valence-electron chi connectivity index (χ3n) is 8.57. The molecule has 3 saturated carbocycles. The lowest BCUT2D eigenvalue weighted by atomic mass is 9.48. The second-order valence-electron chi connectivity index (χ2n) is 10.3. The molecule has 0 spiro atoms. The van der Waals surface area contributed by atoms with Gasteiger partial charge in [0.15, 0.2) is 0 Å². The normalized spacial score (nSPS) is 46.4. The first-order valence-corrected chi connectivity index (χ1v) is 10.2. The lowest BCUT2D eigenvalue weighted by Gasteiger charge is -2.57. The molecule has 0 saturated heterocycles. The molecule has 1 heteroatoms. The van der Waals surface area contributed by atoms with Crippen LogP contribution in [-0.2, 0) is 4.79 Å². The fraction of sp³-hybridized carbons (Fsp3) is 0.955. The average Bonchev–Trinajstić information content (AvgIpc) is 2.43. The van der Waals surface area contributed by atoms with Gasteiger partial charge in [-0.1, -0.05) is 40.5 Å². The first-order valence-electron chi connectivity index (χ1n) is 10.2. The van der Waals surface area contributed by atoms with E-state index in [1.807, 2.05) is 0 Å². The molecule has 0 aromatic heterocycles. The summed E-state index contributed by atoms with van der Waals surface area (Å²) in [4.78, 5) is 11.8. The summed E-state index contributed by atoms with van der Waals surface area (Å²) in [5.41, 5.74) is 1.000. The topological polar surface area (TPSA) is 17.1 Å². The fourth-order valence-electron chi connectivity index (χ4n) is 7.07. The number of Topliss-reactive ketones (excluding diaryl/α,β-unsaturated/α-hetero) is 1. The van der Waals surface area contributed by atoms with Gasteiger partial charge in [-0.25, -0.2) is 0 Å². The molecule has 132 valence electrons. The third kappa shape index (κ3) is 3.14. The highest BCUT2D eigenvalue weighted by atomic mass is 16.1. The Morgan fingerprint density at radius 3 is 2.43 bits per heavy atom. The fourth-order valence-corrected chi connectivity index (χ4v) is 7.07. The highest BCUT2D eigenvalue weighted by Gasteiger charge is 2.51. The van der Waals surface area contributed by atoms with E-state index >= 15 is 0 Å². The van der Waals surface area contributed by atoms with Crippen LogP contribution in [0, 0.1) is 40.4 Å². The highest BCUT2D eigenvalue weighted by molar-refractivity contribution is 5.75. The van der Waals surface area contributed by atoms with Crippen molar-refractivity contribution in [3.8, 4) is 0 Å². The quantitative estimate of drug-likeness (QED) is 0.587. The Hall–Kier alpha value is -0.330. The SMILES string of the molecule is CC(=O)C[C@@H]1CCC[C@@]2(C)CC[C@H]3[C@H](C)CC[C@@H](C[C@H]12)C3(C)C. The van der Waals surface area contributed by atoms with Crippen LogP contribution in [0.25, 0.3) is 0 Å². The minimum atomic E-state index is 0.413. The summed E-state index contributed by atoms with van der Waals surface area (Å²) in [6.45, 7) is 12.0. The predicted octanol–water partition coefficient (Wildman–Crippen LogP) is 6.26. The Labute approximate surface area is 144 Å². The van der Waals surface area contributed by atoms with E-state index < -0.39 is 0 Å². The number of ketones is 1. The number of hydrogen-bond donors (Lipinski definition) is 0. The summed E-state index contributed by atoms with van der Waals surface area (Å²) in [5, 5.41) is 0. The van der Waals surface area contributed by atoms with Crippen LogP contribution in [0.4, 0.5) is 0 Å². The van der Waals surface area contributed by atoms with E-state index in [2.05, 4.69) is 27.7 Å². The van der Waals surface area contributed by atoms with E-state index in [1.165, 1.54) is 51.4 Å². The first-order chi connectivity index (χ1) is 10.7. The van der Waals surface area contributed by atoms with Gasteiger partial charge in [-0.3, -0.25) is 0 Å². The van der Waals surface area contributed by atoms with Gasteiger partial charge in [0.1, 0.15) is 5.78 Å². The van der Waals surface area contributed by atoms with Crippen molar-refractivity contribution in [1.29, 1.82) is 0 Å². The number of carbonyl (C=O) groups excluding carboxylic acids is 1. The van der Waals surface area contributed by atoms with E-state index in [4.69, 9.17) is 0 Å². The zero-order valence-electron chi connectivity index (χ0n) is 16.2. The van der Waals surface area contributed by atoms with E-state index in [0.29, 0.717) is 22.5 Å². The lowest BCUT2D eigenvalue weighted by Crippen LogP contribution is -2.48. The smallest absolute Gasteiger partial charge is 0.130 e. The van der Waals surface area contributed by atoms with Crippen LogP contribution >= 0.6 is 0 Å². The van der Waals surface area contributed by atoms with Crippen molar-refractivity contribution in [1.82, 2.24) is 0 Å². The van der Waals surface area contributed by atoms with Gasteiger partial charge in [0.05, 0.1) is 0 Å². The second kappa shape index (κ2) is 6.19. The lowest BCUT2D eigenvalue weighted by molar-refractivity contribution is -0.121. The molecule has 3 aliphatic carbocycles. The van der Waals surface area contributed by atoms with Crippen LogP contribution in [0.5, 0.6) is 0 Å². The van der Waals surface area contributed by atoms with E-state index in [1.54, 1.807) is 6.92 Å². The van der Waals surface area contributed by atoms with Crippen molar-refractivity contribution < 1.29 is 4.79 Å². The Balaban J connectivity index is 1.89. The summed E-state index contributed by atoms with van der Waals surface area (Å²) in [5.74, 6) is 4.55. The summed E-state index contributed by atoms with van der Waals surface area (Å²) in [6, 6.07) is 0. The van der Waals surface area contributed by atoms with Crippen molar-refractivity contribution in [3.63, 3.8) is 0 Å². The summed E-state index contributed by atoms with van der Waals surface area (Å²) in [6.07, 6.45) is 12.0. The van der Waals surface area contributed by atoms with Crippen LogP contribution in [0.3, 0.4) is 0 Å². The monoisotopic (exact) mass is 318 g/mol. The van der Waals surface area contributed by atoms with Gasteiger partial charge in [-0.2, -0.15) is 0 Å². The number of carbonyl (C=O) groups is 1. The van der Waals surface area contributed by atoms with Crippen molar-refractivity contribution in [2.45, 2.75) is 92.4 Å². The molecule has 1 nitrogen and oxygen atoms in total. The molecule has 2 bridgehead atoms. The molecule has 0 heterocycles. The van der Waals surface area contributed by atoms with E-state index in [-0.39, 0.29) is 0 Å². The number of rotatable bonds is 2. The van der Waals surface area contributed by atoms with E-state index in [0.717, 1.165) is 30.1 Å². The van der Waals surface area contributed by atoms with Crippen LogP contribution < -0.4 is 0 Å². The Morgan fingerprint density at radius 1 is 1.00 bits per heavy atom. The second-order valence-corrected chi connectivity index (χ2v) is 10.3. The van der Waals surface area contributed by atoms with Gasteiger partial charge in [0, 0.05) is 6.42 Å². The molecular weight excluding hydrogens is 280 g/mol. The molecule has 23 heavy (non-hydrogen) atoms. The summed E-state index contributed by atoms with van der Waals surface area (Å²) < 4.78 is 0. The van der Waals surface area contributed by atoms with Crippen LogP contribution in [-0.4, -0.2) is 5.78 Å². The van der Waals surface area contributed by atoms with Crippen LogP contribution in [0.15, 0.2) is 0 Å². The third-order valence-corrected chi connectivity index (χ3v) is 8.57. The predicted molar refractivity (Wildman–Crippen MR) is 97.2 cm³/mol. The summed E-state index contributed by atoms with van der Waals surface area (Å²) in [7, 11) is 0. The molecular formula is C22H38O. The van der Waals surface area contributed by atoms with Crippen molar-refractivity contribution >= 4 is 5.78 Å². The minimum Gasteiger partial charge on any atom is -0.300 e. The molecule has 0 unspecified atom stereocenters. The molecule has 3 aliphatic rings. The van der Waals surface area contributed by atoms with Gasteiger partial charge in [-0.05, 0) is 85.9 Å². The Morgan fingerprint density at radius 2 is 1.74 bits per heavy atom. The van der Waals surface area contributed by atoms with E-state index in [9.17, 15) is 4.79 Å². The molecule has 0 aliphatic heterocycles. The van der Waals surface area contributed by atoms with Crippen molar-refractivity contribution in [3.05, 3.63) is 0 Å². The van der Waals surface area contributed by atoms with Crippen molar-refractivity contribution in [2.24, 2.45) is 40.4 Å². The molecule has 3 fully saturated rings. The zero-order valence-corrected chi connectivity index (χ0v) is 16.2. The van der Waals surface area contributed by atoms with Gasteiger partial charge in [-0.15, -0.1) is 0 Å². The molecule has 0 N–H and O–H groups in total. The summed E-state index contributed by atoms with van der Waals surface area (Å²) >= 11 is 0. The molecule has 0 radical (unpaired) electrons. The Bertz CT molecular complexity index is 451. The standard InChI is InChI=1S/C22H38O/c1-15-8-9-18-14-20-17(13-16(2)23)7-6-11-22(20,5)12-10-19(15)21(18,3)4/h15,17-20H,6-14H2,1-5H3/t15-,17+,18+,19+,20-,22+/m1/s1. The molecule has 6 atom stereocenters. The molecule has 3 rings (SSSR count). The minimum absolute atomic E-state index is 0.413. The first kappa shape index (κ1) is 17.5. The Kier molecular flexibility index (Phi) is 4.71. The zero-order chi connectivity index (χ0) is 16.8. The molecule has 0 amide bonds. The highest BCUT2D eigenvalue weighted by Crippen LogP contribution is 2.60. The average molecular weight is 319 g/mol. The van der Waals surface area contributed by atoms with Crippen LogP contribution in [0.2, 0.25) is 0 Å². The largest absolute Gasteiger partial charge is 0.300 e. The molecule has 0 aromatic rings. The maximum Gasteiger partial charge on any atom is 0.130 e. The maximum absolute atomic E-state index is 11.8.